The first kappa shape index (κ1) is 36.2. The van der Waals surface area contributed by atoms with Crippen molar-refractivity contribution in [2.75, 3.05) is 19.8 Å². The van der Waals surface area contributed by atoms with E-state index in [9.17, 15) is 29.7 Å². The Labute approximate surface area is 237 Å². The number of ether oxygens (including phenoxy) is 5. The maximum absolute atomic E-state index is 12.8. The van der Waals surface area contributed by atoms with E-state index in [0.717, 1.165) is 33.1 Å². The third kappa shape index (κ3) is 14.2. The summed E-state index contributed by atoms with van der Waals surface area (Å²) in [7, 11) is 0. The van der Waals surface area contributed by atoms with Gasteiger partial charge in [-0.3, -0.25) is 14.4 Å². The second kappa shape index (κ2) is 21.0. The molecule has 40 heavy (non-hydrogen) atoms. The molecule has 0 aromatic carbocycles. The van der Waals surface area contributed by atoms with Crippen LogP contribution < -0.4 is 0 Å². The highest BCUT2D eigenvalue weighted by Crippen LogP contribution is 2.30. The number of rotatable bonds is 21. The van der Waals surface area contributed by atoms with E-state index >= 15 is 0 Å². The molecule has 0 spiro atoms. The SMILES string of the molecule is CCCCCCCCCCCCCC(=O)OC1C(OC(C)=O)C(CO)OC(OCC(O)C(O)CO)C1OC(C)=O. The summed E-state index contributed by atoms with van der Waals surface area (Å²) in [5, 5.41) is 38.5. The monoisotopic (exact) mass is 578 g/mol. The molecule has 0 aromatic heterocycles. The summed E-state index contributed by atoms with van der Waals surface area (Å²) in [5.41, 5.74) is 0. The summed E-state index contributed by atoms with van der Waals surface area (Å²) in [5.74, 6) is -2.11. The first-order valence-corrected chi connectivity index (χ1v) is 14.5. The zero-order valence-electron chi connectivity index (χ0n) is 24.2. The lowest BCUT2D eigenvalue weighted by Gasteiger charge is -2.44. The summed E-state index contributed by atoms with van der Waals surface area (Å²) < 4.78 is 27.4. The van der Waals surface area contributed by atoms with Crippen LogP contribution in [0.15, 0.2) is 0 Å². The standard InChI is InChI=1S/C28H50O12/c1-4-5-6-7-8-9-10-11-12-13-14-15-24(35)40-26-25(37-19(2)31)23(17-30)39-28(27(26)38-20(3)32)36-18-22(34)21(33)16-29/h21-23,25-30,33-34H,4-18H2,1-3H3. The van der Waals surface area contributed by atoms with E-state index in [2.05, 4.69) is 6.92 Å². The molecule has 1 rings (SSSR count). The van der Waals surface area contributed by atoms with Gasteiger partial charge in [-0.05, 0) is 6.42 Å². The first-order chi connectivity index (χ1) is 19.1. The van der Waals surface area contributed by atoms with Crippen molar-refractivity contribution >= 4 is 17.9 Å². The Morgan fingerprint density at radius 2 is 1.25 bits per heavy atom. The van der Waals surface area contributed by atoms with E-state index in [1.54, 1.807) is 0 Å². The van der Waals surface area contributed by atoms with Crippen molar-refractivity contribution in [3.63, 3.8) is 0 Å². The highest BCUT2D eigenvalue weighted by atomic mass is 16.7. The normalized spacial score (nSPS) is 24.2. The van der Waals surface area contributed by atoms with E-state index in [1.807, 2.05) is 0 Å². The average molecular weight is 579 g/mol. The minimum atomic E-state index is -1.51. The quantitative estimate of drug-likeness (QED) is 0.0885. The average Bonchev–Trinajstić information content (AvgIpc) is 2.91. The third-order valence-corrected chi connectivity index (χ3v) is 6.69. The van der Waals surface area contributed by atoms with Gasteiger partial charge in [-0.2, -0.15) is 0 Å². The van der Waals surface area contributed by atoms with E-state index in [1.165, 1.54) is 44.9 Å². The molecule has 0 aromatic rings. The molecule has 1 aliphatic heterocycles. The Bertz CT molecular complexity index is 717. The number of aliphatic hydroxyl groups is 4. The van der Waals surface area contributed by atoms with Crippen LogP contribution in [0.4, 0.5) is 0 Å². The fourth-order valence-corrected chi connectivity index (χ4v) is 4.51. The van der Waals surface area contributed by atoms with E-state index in [-0.39, 0.29) is 6.42 Å². The molecule has 234 valence electrons. The fourth-order valence-electron chi connectivity index (χ4n) is 4.51. The highest BCUT2D eigenvalue weighted by Gasteiger charge is 2.52. The molecule has 12 nitrogen and oxygen atoms in total. The number of unbranched alkanes of at least 4 members (excludes halogenated alkanes) is 10. The van der Waals surface area contributed by atoms with Crippen LogP contribution in [0.2, 0.25) is 0 Å². The minimum absolute atomic E-state index is 0.0880. The second-order valence-corrected chi connectivity index (χ2v) is 10.3. The van der Waals surface area contributed by atoms with Gasteiger partial charge >= 0.3 is 17.9 Å². The molecule has 0 bridgehead atoms. The predicted molar refractivity (Wildman–Crippen MR) is 143 cm³/mol. The van der Waals surface area contributed by atoms with Crippen molar-refractivity contribution in [3.8, 4) is 0 Å². The van der Waals surface area contributed by atoms with Crippen LogP contribution in [0.5, 0.6) is 0 Å². The molecule has 1 aliphatic rings. The number of carbonyl (C=O) groups is 3. The Morgan fingerprint density at radius 3 is 1.75 bits per heavy atom. The van der Waals surface area contributed by atoms with Crippen LogP contribution in [0.1, 0.15) is 97.8 Å². The molecule has 0 aliphatic carbocycles. The Hall–Kier alpha value is -1.83. The summed E-state index contributed by atoms with van der Waals surface area (Å²) in [6, 6.07) is 0. The van der Waals surface area contributed by atoms with Gasteiger partial charge in [-0.1, -0.05) is 71.1 Å². The van der Waals surface area contributed by atoms with E-state index in [4.69, 9.17) is 28.8 Å². The molecule has 1 heterocycles. The largest absolute Gasteiger partial charge is 0.456 e. The second-order valence-electron chi connectivity index (χ2n) is 10.3. The first-order valence-electron chi connectivity index (χ1n) is 14.5. The van der Waals surface area contributed by atoms with Gasteiger partial charge in [-0.25, -0.2) is 0 Å². The maximum atomic E-state index is 12.8. The van der Waals surface area contributed by atoms with Crippen molar-refractivity contribution in [3.05, 3.63) is 0 Å². The number of esters is 3. The van der Waals surface area contributed by atoms with Crippen LogP contribution in [-0.2, 0) is 38.1 Å². The van der Waals surface area contributed by atoms with Gasteiger partial charge in [0.25, 0.3) is 0 Å². The van der Waals surface area contributed by atoms with Crippen molar-refractivity contribution in [1.29, 1.82) is 0 Å². The number of hydrogen-bond acceptors (Lipinski definition) is 12. The summed E-state index contributed by atoms with van der Waals surface area (Å²) in [6.45, 7) is 2.53. The van der Waals surface area contributed by atoms with Crippen LogP contribution in [0, 0.1) is 0 Å². The maximum Gasteiger partial charge on any atom is 0.306 e. The smallest absolute Gasteiger partial charge is 0.306 e. The van der Waals surface area contributed by atoms with Crippen molar-refractivity contribution in [2.24, 2.45) is 0 Å². The lowest BCUT2D eigenvalue weighted by Crippen LogP contribution is -2.63. The Morgan fingerprint density at radius 1 is 0.725 bits per heavy atom. The topological polar surface area (TPSA) is 178 Å². The van der Waals surface area contributed by atoms with Gasteiger partial charge in [0, 0.05) is 20.3 Å². The highest BCUT2D eigenvalue weighted by molar-refractivity contribution is 5.70. The molecule has 0 saturated carbocycles. The lowest BCUT2D eigenvalue weighted by atomic mass is 9.98. The van der Waals surface area contributed by atoms with Gasteiger partial charge in [-0.15, -0.1) is 0 Å². The van der Waals surface area contributed by atoms with Crippen LogP contribution in [0.25, 0.3) is 0 Å². The predicted octanol–water partition coefficient (Wildman–Crippen LogP) is 1.91. The molecular weight excluding hydrogens is 528 g/mol. The zero-order chi connectivity index (χ0) is 29.9. The molecule has 0 radical (unpaired) electrons. The van der Waals surface area contributed by atoms with Crippen molar-refractivity contribution in [1.82, 2.24) is 0 Å². The summed E-state index contributed by atoms with van der Waals surface area (Å²) in [6.07, 6.45) is 2.60. The molecule has 7 atom stereocenters. The summed E-state index contributed by atoms with van der Waals surface area (Å²) in [4.78, 5) is 36.5. The van der Waals surface area contributed by atoms with Gasteiger partial charge in [0.05, 0.1) is 19.8 Å². The molecule has 0 amide bonds. The fraction of sp³-hybridized carbons (Fsp3) is 0.893. The van der Waals surface area contributed by atoms with Gasteiger partial charge < -0.3 is 44.1 Å². The van der Waals surface area contributed by atoms with E-state index < -0.39 is 80.6 Å². The molecule has 4 N–H and O–H groups in total. The third-order valence-electron chi connectivity index (χ3n) is 6.69. The molecule has 1 fully saturated rings. The summed E-state index contributed by atoms with van der Waals surface area (Å²) >= 11 is 0. The Kier molecular flexibility index (Phi) is 19.0. The van der Waals surface area contributed by atoms with Gasteiger partial charge in [0.15, 0.2) is 24.6 Å². The van der Waals surface area contributed by atoms with Crippen LogP contribution in [-0.4, -0.2) is 101 Å². The molecule has 1 saturated heterocycles. The van der Waals surface area contributed by atoms with Crippen LogP contribution >= 0.6 is 0 Å². The number of aliphatic hydroxyl groups excluding tert-OH is 4. The molecular formula is C28H50O12. The zero-order valence-corrected chi connectivity index (χ0v) is 24.2. The number of hydrogen-bond donors (Lipinski definition) is 4. The number of carbonyl (C=O) groups excluding carboxylic acids is 3. The molecule has 12 heteroatoms. The lowest BCUT2D eigenvalue weighted by molar-refractivity contribution is -0.312. The van der Waals surface area contributed by atoms with Crippen molar-refractivity contribution < 1.29 is 58.5 Å². The van der Waals surface area contributed by atoms with Crippen molar-refractivity contribution in [2.45, 2.75) is 141 Å². The minimum Gasteiger partial charge on any atom is -0.456 e. The van der Waals surface area contributed by atoms with Gasteiger partial charge in [0.1, 0.15) is 18.3 Å². The molecule has 7 unspecified atom stereocenters. The Balaban J connectivity index is 2.77. The van der Waals surface area contributed by atoms with Crippen LogP contribution in [0.3, 0.4) is 0 Å². The van der Waals surface area contributed by atoms with Gasteiger partial charge in [0.2, 0.25) is 0 Å². The van der Waals surface area contributed by atoms with E-state index in [0.29, 0.717) is 6.42 Å².